The monoisotopic (exact) mass is 430 g/mol. The highest BCUT2D eigenvalue weighted by molar-refractivity contribution is 7.80. The molecule has 0 atom stereocenters. The molecule has 3 aromatic rings. The van der Waals surface area contributed by atoms with Gasteiger partial charge >= 0.3 is 0 Å². The van der Waals surface area contributed by atoms with Gasteiger partial charge in [0.25, 0.3) is 5.91 Å². The summed E-state index contributed by atoms with van der Waals surface area (Å²) in [6.07, 6.45) is 1.62. The number of hydrogen-bond acceptors (Lipinski definition) is 6. The molecule has 0 radical (unpaired) electrons. The number of hydrazine groups is 1. The van der Waals surface area contributed by atoms with Crippen LogP contribution >= 0.6 is 12.2 Å². The molecule has 0 spiro atoms. The Hall–Kier alpha value is -3.66. The van der Waals surface area contributed by atoms with Gasteiger partial charge in [-0.05, 0) is 24.4 Å². The largest absolute Gasteiger partial charge is 0.497 e. The van der Waals surface area contributed by atoms with Crippen LogP contribution in [0.15, 0.2) is 36.5 Å². The highest BCUT2D eigenvalue weighted by Gasteiger charge is 2.15. The molecule has 9 nitrogen and oxygen atoms in total. The van der Waals surface area contributed by atoms with E-state index in [1.54, 1.807) is 31.5 Å². The van der Waals surface area contributed by atoms with E-state index in [0.717, 1.165) is 10.9 Å². The van der Waals surface area contributed by atoms with Crippen molar-refractivity contribution in [1.29, 1.82) is 0 Å². The van der Waals surface area contributed by atoms with E-state index in [9.17, 15) is 4.79 Å². The van der Waals surface area contributed by atoms with Crippen LogP contribution in [0.4, 0.5) is 5.69 Å². The van der Waals surface area contributed by atoms with Crippen molar-refractivity contribution in [3.05, 3.63) is 42.1 Å². The molecule has 0 aliphatic rings. The summed E-state index contributed by atoms with van der Waals surface area (Å²) in [7, 11) is 6.16. The number of nitrogens with one attached hydrogen (secondary N) is 4. The lowest BCUT2D eigenvalue weighted by Crippen LogP contribution is -2.43. The molecule has 4 N–H and O–H groups in total. The van der Waals surface area contributed by atoms with Crippen molar-refractivity contribution in [2.75, 3.05) is 33.8 Å². The Morgan fingerprint density at radius 3 is 2.23 bits per heavy atom. The van der Waals surface area contributed by atoms with Gasteiger partial charge in [-0.2, -0.15) is 0 Å². The van der Waals surface area contributed by atoms with Gasteiger partial charge in [0.15, 0.2) is 16.6 Å². The molecule has 1 heterocycles. The molecule has 0 aliphatic carbocycles. The Balaban J connectivity index is 1.67. The Labute approximate surface area is 178 Å². The Morgan fingerprint density at radius 2 is 1.63 bits per heavy atom. The van der Waals surface area contributed by atoms with Gasteiger partial charge in [-0.15, -0.1) is 0 Å². The zero-order valence-electron chi connectivity index (χ0n) is 16.9. The fraction of sp³-hybridized carbons (Fsp3) is 0.200. The molecule has 10 heteroatoms. The number of rotatable bonds is 6. The molecule has 2 aromatic carbocycles. The lowest BCUT2D eigenvalue weighted by atomic mass is 10.1. The van der Waals surface area contributed by atoms with E-state index < -0.39 is 0 Å². The van der Waals surface area contributed by atoms with E-state index in [1.807, 2.05) is 12.1 Å². The smallest absolute Gasteiger partial charge is 0.271 e. The molecule has 1 aromatic heterocycles. The zero-order chi connectivity index (χ0) is 21.7. The molecular weight excluding hydrogens is 408 g/mol. The predicted octanol–water partition coefficient (Wildman–Crippen LogP) is 2.83. The van der Waals surface area contributed by atoms with Gasteiger partial charge in [0, 0.05) is 41.0 Å². The first kappa shape index (κ1) is 21.1. The second-order valence-corrected chi connectivity index (χ2v) is 6.47. The lowest BCUT2D eigenvalue weighted by molar-refractivity contribution is 0.0946. The fourth-order valence-electron chi connectivity index (χ4n) is 2.92. The standard InChI is InChI=1S/C20H22N4O5S/c1-26-12-5-6-13-14(10-21-15(13)9-12)19(25)23-24-20(30)22-11-7-16(27-2)18(29-4)17(8-11)28-3/h5-10,21H,1-4H3,(H,23,25)(H2,22,24,30). The Kier molecular flexibility index (Phi) is 6.48. The maximum atomic E-state index is 12.5. The number of carbonyl (C=O) groups excluding carboxylic acids is 1. The molecular formula is C20H22N4O5S. The molecule has 0 fully saturated rings. The van der Waals surface area contributed by atoms with Crippen molar-refractivity contribution in [1.82, 2.24) is 15.8 Å². The van der Waals surface area contributed by atoms with E-state index >= 15 is 0 Å². The van der Waals surface area contributed by atoms with Gasteiger partial charge in [0.05, 0.1) is 34.0 Å². The van der Waals surface area contributed by atoms with Crippen molar-refractivity contribution in [2.45, 2.75) is 0 Å². The summed E-state index contributed by atoms with van der Waals surface area (Å²) in [5.74, 6) is 1.76. The molecule has 158 valence electrons. The third-order valence-corrected chi connectivity index (χ3v) is 4.55. The average Bonchev–Trinajstić information content (AvgIpc) is 3.19. The molecule has 3 rings (SSSR count). The molecule has 0 saturated carbocycles. The number of carbonyl (C=O) groups is 1. The van der Waals surface area contributed by atoms with Crippen LogP contribution in [-0.4, -0.2) is 44.4 Å². The number of H-pyrrole nitrogens is 1. The van der Waals surface area contributed by atoms with E-state index in [2.05, 4.69) is 21.2 Å². The van der Waals surface area contributed by atoms with Crippen LogP contribution in [0.5, 0.6) is 23.0 Å². The minimum Gasteiger partial charge on any atom is -0.497 e. The lowest BCUT2D eigenvalue weighted by Gasteiger charge is -2.16. The third kappa shape index (κ3) is 4.33. The summed E-state index contributed by atoms with van der Waals surface area (Å²) in [6.45, 7) is 0. The molecule has 30 heavy (non-hydrogen) atoms. The first-order valence-corrected chi connectivity index (χ1v) is 9.24. The fourth-order valence-corrected chi connectivity index (χ4v) is 3.09. The first-order chi connectivity index (χ1) is 14.5. The van der Waals surface area contributed by atoms with Crippen molar-refractivity contribution >= 4 is 39.8 Å². The second kappa shape index (κ2) is 9.23. The van der Waals surface area contributed by atoms with Crippen LogP contribution in [-0.2, 0) is 0 Å². The van der Waals surface area contributed by atoms with Crippen molar-refractivity contribution < 1.29 is 23.7 Å². The Morgan fingerprint density at radius 1 is 0.933 bits per heavy atom. The van der Waals surface area contributed by atoms with Crippen molar-refractivity contribution in [2.24, 2.45) is 0 Å². The summed E-state index contributed by atoms with van der Waals surface area (Å²) < 4.78 is 21.1. The van der Waals surface area contributed by atoms with E-state index in [4.69, 9.17) is 31.2 Å². The van der Waals surface area contributed by atoms with Crippen LogP contribution in [0.2, 0.25) is 0 Å². The minimum atomic E-state index is -0.347. The number of fused-ring (bicyclic) bond motifs is 1. The molecule has 0 bridgehead atoms. The van der Waals surface area contributed by atoms with E-state index in [0.29, 0.717) is 34.2 Å². The predicted molar refractivity (Wildman–Crippen MR) is 118 cm³/mol. The maximum Gasteiger partial charge on any atom is 0.271 e. The highest BCUT2D eigenvalue weighted by atomic mass is 32.1. The summed E-state index contributed by atoms with van der Waals surface area (Å²) in [5.41, 5.74) is 7.10. The number of benzene rings is 2. The third-order valence-electron chi connectivity index (χ3n) is 4.35. The number of hydrogen-bond donors (Lipinski definition) is 4. The van der Waals surface area contributed by atoms with Gasteiger partial charge in [-0.3, -0.25) is 15.6 Å². The van der Waals surface area contributed by atoms with Crippen molar-refractivity contribution in [3.8, 4) is 23.0 Å². The first-order valence-electron chi connectivity index (χ1n) is 8.83. The summed E-state index contributed by atoms with van der Waals surface area (Å²) >= 11 is 5.26. The van der Waals surface area contributed by atoms with E-state index in [-0.39, 0.29) is 11.0 Å². The van der Waals surface area contributed by atoms with E-state index in [1.165, 1.54) is 21.3 Å². The summed E-state index contributed by atoms with van der Waals surface area (Å²) in [5, 5.41) is 3.90. The maximum absolute atomic E-state index is 12.5. The zero-order valence-corrected chi connectivity index (χ0v) is 17.7. The van der Waals surface area contributed by atoms with Gasteiger partial charge < -0.3 is 29.2 Å². The summed E-state index contributed by atoms with van der Waals surface area (Å²) in [6, 6.07) is 8.81. The number of amides is 1. The SMILES string of the molecule is COc1ccc2c(C(=O)NNC(=S)Nc3cc(OC)c(OC)c(OC)c3)c[nH]c2c1. The van der Waals surface area contributed by atoms with Gasteiger partial charge in [-0.25, -0.2) is 0 Å². The Bertz CT molecular complexity index is 1060. The van der Waals surface area contributed by atoms with Gasteiger partial charge in [-0.1, -0.05) is 0 Å². The number of thiocarbonyl (C=S) groups is 1. The quantitative estimate of drug-likeness (QED) is 0.350. The number of ether oxygens (including phenoxy) is 4. The average molecular weight is 430 g/mol. The highest BCUT2D eigenvalue weighted by Crippen LogP contribution is 2.39. The molecule has 0 saturated heterocycles. The van der Waals surface area contributed by atoms with Crippen molar-refractivity contribution in [3.63, 3.8) is 0 Å². The molecule has 0 unspecified atom stereocenters. The molecule has 1 amide bonds. The molecule has 0 aliphatic heterocycles. The number of aromatic nitrogens is 1. The number of methoxy groups -OCH3 is 4. The van der Waals surface area contributed by atoms with Crippen LogP contribution in [0, 0.1) is 0 Å². The van der Waals surface area contributed by atoms with Gasteiger partial charge in [0.2, 0.25) is 5.75 Å². The number of anilines is 1. The normalized spacial score (nSPS) is 10.3. The number of aromatic amines is 1. The van der Waals surface area contributed by atoms with Gasteiger partial charge in [0.1, 0.15) is 5.75 Å². The summed E-state index contributed by atoms with van der Waals surface area (Å²) in [4.78, 5) is 15.6. The van der Waals surface area contributed by atoms with Crippen LogP contribution in [0.1, 0.15) is 10.4 Å². The van der Waals surface area contributed by atoms with Crippen LogP contribution < -0.4 is 35.1 Å². The second-order valence-electron chi connectivity index (χ2n) is 6.06. The minimum absolute atomic E-state index is 0.180. The topological polar surface area (TPSA) is 106 Å². The van der Waals surface area contributed by atoms with Crippen LogP contribution in [0.3, 0.4) is 0 Å². The van der Waals surface area contributed by atoms with Crippen LogP contribution in [0.25, 0.3) is 10.9 Å².